The van der Waals surface area contributed by atoms with Crippen LogP contribution in [0.2, 0.25) is 0 Å². The van der Waals surface area contributed by atoms with Gasteiger partial charge < -0.3 is 24.6 Å². The van der Waals surface area contributed by atoms with E-state index in [1.165, 1.54) is 32.4 Å². The summed E-state index contributed by atoms with van der Waals surface area (Å²) in [6.07, 6.45) is 0.114. The highest BCUT2D eigenvalue weighted by Crippen LogP contribution is 2.30. The van der Waals surface area contributed by atoms with Gasteiger partial charge in [-0.1, -0.05) is 0 Å². The molecule has 0 aliphatic rings. The van der Waals surface area contributed by atoms with E-state index in [-0.39, 0.29) is 30.2 Å². The summed E-state index contributed by atoms with van der Waals surface area (Å²) in [6, 6.07) is 2.68. The quantitative estimate of drug-likeness (QED) is 0.465. The Hall–Kier alpha value is -2.88. The van der Waals surface area contributed by atoms with Gasteiger partial charge in [0.1, 0.15) is 11.8 Å². The lowest BCUT2D eigenvalue weighted by Crippen LogP contribution is -2.43. The van der Waals surface area contributed by atoms with Gasteiger partial charge in [0.15, 0.2) is 6.61 Å². The number of nitro groups is 1. The van der Waals surface area contributed by atoms with Gasteiger partial charge in [0, 0.05) is 32.3 Å². The normalized spacial score (nSPS) is 11.4. The fourth-order valence-corrected chi connectivity index (χ4v) is 1.78. The van der Waals surface area contributed by atoms with Crippen LogP contribution in [0.15, 0.2) is 18.2 Å². The number of aliphatic carboxylic acids is 1. The molecule has 0 heterocycles. The van der Waals surface area contributed by atoms with Crippen LogP contribution in [0.4, 0.5) is 5.69 Å². The smallest absolute Gasteiger partial charge is 0.326 e. The van der Waals surface area contributed by atoms with Gasteiger partial charge in [-0.25, -0.2) is 4.79 Å². The van der Waals surface area contributed by atoms with E-state index >= 15 is 0 Å². The molecule has 0 aliphatic carbocycles. The molecule has 0 radical (unpaired) electrons. The number of hydrogen-bond acceptors (Lipinski definition) is 7. The molecule has 10 heteroatoms. The number of carbonyl (C=O) groups is 2. The second-order valence-electron chi connectivity index (χ2n) is 4.62. The van der Waals surface area contributed by atoms with Crippen molar-refractivity contribution in [3.63, 3.8) is 0 Å². The Bertz CT molecular complexity index is 604. The first-order valence-corrected chi connectivity index (χ1v) is 6.85. The average Bonchev–Trinajstić information content (AvgIpc) is 2.55. The second kappa shape index (κ2) is 9.30. The number of nitrogens with zero attached hydrogens (tertiary/aromatic N) is 1. The number of carboxylic acid groups (broad SMARTS) is 1. The highest BCUT2D eigenvalue weighted by molar-refractivity contribution is 5.84. The summed E-state index contributed by atoms with van der Waals surface area (Å²) in [5.41, 5.74) is -0.236. The molecule has 0 spiro atoms. The first-order valence-electron chi connectivity index (χ1n) is 6.85. The number of methoxy groups -OCH3 is 2. The number of nitrogens with one attached hydrogen (secondary N) is 1. The van der Waals surface area contributed by atoms with E-state index in [2.05, 4.69) is 5.32 Å². The Labute approximate surface area is 137 Å². The van der Waals surface area contributed by atoms with Crippen LogP contribution < -0.4 is 14.8 Å². The van der Waals surface area contributed by atoms with Crippen molar-refractivity contribution in [3.8, 4) is 11.5 Å². The molecule has 0 aromatic heterocycles. The Morgan fingerprint density at radius 2 is 2.08 bits per heavy atom. The molecular weight excluding hydrogens is 324 g/mol. The Morgan fingerprint density at radius 1 is 1.38 bits per heavy atom. The first-order chi connectivity index (χ1) is 11.4. The average molecular weight is 342 g/mol. The predicted molar refractivity (Wildman–Crippen MR) is 81.2 cm³/mol. The zero-order valence-electron chi connectivity index (χ0n) is 13.2. The van der Waals surface area contributed by atoms with Crippen LogP contribution in [0.25, 0.3) is 0 Å². The molecule has 1 rings (SSSR count). The van der Waals surface area contributed by atoms with Crippen molar-refractivity contribution >= 4 is 17.6 Å². The summed E-state index contributed by atoms with van der Waals surface area (Å²) in [7, 11) is 2.69. The minimum atomic E-state index is -1.18. The molecule has 0 bridgehead atoms. The molecule has 132 valence electrons. The molecule has 0 fully saturated rings. The minimum Gasteiger partial charge on any atom is -0.490 e. The molecule has 1 unspecified atom stereocenters. The molecule has 10 nitrogen and oxygen atoms in total. The number of benzene rings is 1. The number of carbonyl (C=O) groups excluding carboxylic acids is 1. The minimum absolute atomic E-state index is 0.0126. The first kappa shape index (κ1) is 19.2. The molecule has 1 aromatic carbocycles. The van der Waals surface area contributed by atoms with Crippen molar-refractivity contribution in [2.45, 2.75) is 12.5 Å². The van der Waals surface area contributed by atoms with Gasteiger partial charge >= 0.3 is 11.7 Å². The summed E-state index contributed by atoms with van der Waals surface area (Å²) >= 11 is 0. The number of carboxylic acids is 1. The standard InChI is InChI=1S/C14H18N2O8/c1-22-6-5-10(14(18)19)15-13(17)8-24-9-3-4-11(16(20)21)12(7-9)23-2/h3-4,7,10H,5-6,8H2,1-2H3,(H,15,17)(H,18,19). The van der Waals surface area contributed by atoms with E-state index < -0.39 is 29.4 Å². The van der Waals surface area contributed by atoms with Crippen LogP contribution in [0.1, 0.15) is 6.42 Å². The van der Waals surface area contributed by atoms with Crippen molar-refractivity contribution < 1.29 is 33.8 Å². The van der Waals surface area contributed by atoms with E-state index in [0.29, 0.717) is 0 Å². The van der Waals surface area contributed by atoms with Gasteiger partial charge in [0.25, 0.3) is 5.91 Å². The molecular formula is C14H18N2O8. The lowest BCUT2D eigenvalue weighted by atomic mass is 10.2. The third-order valence-corrected chi connectivity index (χ3v) is 2.96. The fraction of sp³-hybridized carbons (Fsp3) is 0.429. The zero-order chi connectivity index (χ0) is 18.1. The summed E-state index contributed by atoms with van der Waals surface area (Å²) in [6.45, 7) is -0.268. The van der Waals surface area contributed by atoms with E-state index in [9.17, 15) is 19.7 Å². The van der Waals surface area contributed by atoms with Crippen molar-refractivity contribution in [1.29, 1.82) is 0 Å². The SMILES string of the molecule is COCCC(NC(=O)COc1ccc([N+](=O)[O-])c(OC)c1)C(=O)O. The van der Waals surface area contributed by atoms with Crippen LogP contribution in [0.5, 0.6) is 11.5 Å². The maximum Gasteiger partial charge on any atom is 0.326 e. The number of hydrogen-bond donors (Lipinski definition) is 2. The molecule has 0 saturated heterocycles. The highest BCUT2D eigenvalue weighted by Gasteiger charge is 2.20. The number of rotatable bonds is 10. The lowest BCUT2D eigenvalue weighted by molar-refractivity contribution is -0.385. The Morgan fingerprint density at radius 3 is 2.62 bits per heavy atom. The predicted octanol–water partition coefficient (Wildman–Crippen LogP) is 0.588. The lowest BCUT2D eigenvalue weighted by Gasteiger charge is -2.14. The maximum atomic E-state index is 11.7. The summed E-state index contributed by atoms with van der Waals surface area (Å²) in [4.78, 5) is 32.9. The van der Waals surface area contributed by atoms with Gasteiger partial charge in [-0.2, -0.15) is 0 Å². The van der Waals surface area contributed by atoms with E-state index in [1.807, 2.05) is 0 Å². The van der Waals surface area contributed by atoms with Crippen molar-refractivity contribution in [3.05, 3.63) is 28.3 Å². The molecule has 1 aromatic rings. The third kappa shape index (κ3) is 5.72. The number of amides is 1. The summed E-state index contributed by atoms with van der Waals surface area (Å²) in [5.74, 6) is -1.66. The van der Waals surface area contributed by atoms with Gasteiger partial charge in [-0.05, 0) is 6.07 Å². The third-order valence-electron chi connectivity index (χ3n) is 2.96. The monoisotopic (exact) mass is 342 g/mol. The summed E-state index contributed by atoms with van der Waals surface area (Å²) < 4.78 is 14.8. The van der Waals surface area contributed by atoms with Crippen LogP contribution in [-0.4, -0.2) is 55.4 Å². The fourth-order valence-electron chi connectivity index (χ4n) is 1.78. The van der Waals surface area contributed by atoms with Gasteiger partial charge in [0.05, 0.1) is 12.0 Å². The van der Waals surface area contributed by atoms with Crippen molar-refractivity contribution in [2.24, 2.45) is 0 Å². The topological polar surface area (TPSA) is 137 Å². The van der Waals surface area contributed by atoms with E-state index in [0.717, 1.165) is 0 Å². The Kier molecular flexibility index (Phi) is 7.43. The molecule has 24 heavy (non-hydrogen) atoms. The number of nitro benzene ring substituents is 1. The van der Waals surface area contributed by atoms with Crippen LogP contribution >= 0.6 is 0 Å². The highest BCUT2D eigenvalue weighted by atomic mass is 16.6. The van der Waals surface area contributed by atoms with Crippen LogP contribution in [-0.2, 0) is 14.3 Å². The van der Waals surface area contributed by atoms with Crippen molar-refractivity contribution in [1.82, 2.24) is 5.32 Å². The van der Waals surface area contributed by atoms with Crippen LogP contribution in [0, 0.1) is 10.1 Å². The zero-order valence-corrected chi connectivity index (χ0v) is 13.2. The van der Waals surface area contributed by atoms with E-state index in [1.54, 1.807) is 0 Å². The Balaban J connectivity index is 2.63. The largest absolute Gasteiger partial charge is 0.490 e. The van der Waals surface area contributed by atoms with Crippen LogP contribution in [0.3, 0.4) is 0 Å². The molecule has 2 N–H and O–H groups in total. The van der Waals surface area contributed by atoms with Crippen molar-refractivity contribution in [2.75, 3.05) is 27.4 Å². The van der Waals surface area contributed by atoms with Gasteiger partial charge in [-0.3, -0.25) is 14.9 Å². The molecule has 1 atom stereocenters. The number of ether oxygens (including phenoxy) is 3. The summed E-state index contributed by atoms with van der Waals surface area (Å²) in [5, 5.41) is 22.1. The molecule has 1 amide bonds. The molecule has 0 saturated carbocycles. The maximum absolute atomic E-state index is 11.7. The van der Waals surface area contributed by atoms with Gasteiger partial charge in [-0.15, -0.1) is 0 Å². The molecule has 0 aliphatic heterocycles. The van der Waals surface area contributed by atoms with Gasteiger partial charge in [0.2, 0.25) is 5.75 Å². The second-order valence-corrected chi connectivity index (χ2v) is 4.62. The van der Waals surface area contributed by atoms with E-state index in [4.69, 9.17) is 19.3 Å².